The third-order valence-corrected chi connectivity index (χ3v) is 6.89. The predicted molar refractivity (Wildman–Crippen MR) is 125 cm³/mol. The fourth-order valence-electron chi connectivity index (χ4n) is 5.00. The van der Waals surface area contributed by atoms with Crippen LogP contribution in [0.25, 0.3) is 32.8 Å². The number of piperazine rings is 1. The van der Waals surface area contributed by atoms with E-state index in [1.54, 1.807) is 41.2 Å². The molecule has 2 aliphatic heterocycles. The highest BCUT2D eigenvalue weighted by Crippen LogP contribution is 2.46. The summed E-state index contributed by atoms with van der Waals surface area (Å²) < 4.78 is 20.6. The molecule has 2 aromatic heterocycles. The SMILES string of the molecule is C=CC(=O)N1CCN2c3c(cnc4c3cc(Cl)c3c4oc4cccc(F)c43)N(C)C(=O)C2C1. The Morgan fingerprint density at radius 1 is 1.33 bits per heavy atom. The highest BCUT2D eigenvalue weighted by Gasteiger charge is 2.42. The molecule has 0 spiro atoms. The van der Waals surface area contributed by atoms with E-state index in [0.717, 1.165) is 5.69 Å². The Morgan fingerprint density at radius 2 is 2.15 bits per heavy atom. The number of likely N-dealkylation sites (N-methyl/N-ethyl adjacent to an activating group) is 1. The first-order chi connectivity index (χ1) is 15.9. The van der Waals surface area contributed by atoms with Crippen molar-refractivity contribution < 1.29 is 18.4 Å². The Kier molecular flexibility index (Phi) is 4.19. The van der Waals surface area contributed by atoms with Crippen LogP contribution in [0.15, 0.2) is 47.5 Å². The van der Waals surface area contributed by atoms with Gasteiger partial charge in [-0.1, -0.05) is 24.2 Å². The van der Waals surface area contributed by atoms with Gasteiger partial charge in [-0.25, -0.2) is 9.37 Å². The molecule has 1 unspecified atom stereocenters. The number of fused-ring (bicyclic) bond motifs is 9. The average Bonchev–Trinajstić information content (AvgIpc) is 3.23. The first-order valence-corrected chi connectivity index (χ1v) is 10.9. The first-order valence-electron chi connectivity index (χ1n) is 10.5. The van der Waals surface area contributed by atoms with E-state index >= 15 is 0 Å². The number of carbonyl (C=O) groups excluding carboxylic acids is 2. The van der Waals surface area contributed by atoms with Crippen LogP contribution in [0.1, 0.15) is 0 Å². The predicted octanol–water partition coefficient (Wildman–Crippen LogP) is 4.11. The molecule has 4 aromatic rings. The highest BCUT2D eigenvalue weighted by molar-refractivity contribution is 6.40. The van der Waals surface area contributed by atoms with Crippen LogP contribution in [0.4, 0.5) is 15.8 Å². The molecule has 6 rings (SSSR count). The van der Waals surface area contributed by atoms with E-state index in [0.29, 0.717) is 56.6 Å². The molecule has 1 saturated heterocycles. The smallest absolute Gasteiger partial charge is 0.251 e. The largest absolute Gasteiger partial charge is 0.454 e. The van der Waals surface area contributed by atoms with Gasteiger partial charge in [-0.15, -0.1) is 0 Å². The molecule has 4 heterocycles. The lowest BCUT2D eigenvalue weighted by Crippen LogP contribution is -2.62. The molecule has 2 aromatic carbocycles. The third-order valence-electron chi connectivity index (χ3n) is 6.59. The van der Waals surface area contributed by atoms with E-state index in [1.165, 1.54) is 12.1 Å². The van der Waals surface area contributed by atoms with Crippen LogP contribution >= 0.6 is 11.6 Å². The van der Waals surface area contributed by atoms with E-state index in [-0.39, 0.29) is 18.4 Å². The zero-order valence-corrected chi connectivity index (χ0v) is 18.4. The number of benzene rings is 2. The molecule has 0 N–H and O–H groups in total. The van der Waals surface area contributed by atoms with Gasteiger partial charge >= 0.3 is 0 Å². The van der Waals surface area contributed by atoms with Crippen LogP contribution < -0.4 is 9.80 Å². The number of anilines is 2. The summed E-state index contributed by atoms with van der Waals surface area (Å²) in [6.07, 6.45) is 2.89. The maximum Gasteiger partial charge on any atom is 0.251 e. The second-order valence-electron chi connectivity index (χ2n) is 8.26. The molecule has 9 heteroatoms. The third kappa shape index (κ3) is 2.64. The summed E-state index contributed by atoms with van der Waals surface area (Å²) in [6, 6.07) is 5.85. The van der Waals surface area contributed by atoms with Gasteiger partial charge < -0.3 is 19.1 Å². The van der Waals surface area contributed by atoms with Crippen molar-refractivity contribution in [3.63, 3.8) is 0 Å². The Bertz CT molecular complexity index is 1530. The number of carbonyl (C=O) groups is 2. The highest BCUT2D eigenvalue weighted by atomic mass is 35.5. The quantitative estimate of drug-likeness (QED) is 0.397. The Labute approximate surface area is 192 Å². The van der Waals surface area contributed by atoms with Crippen LogP contribution in [-0.2, 0) is 9.59 Å². The van der Waals surface area contributed by atoms with Crippen molar-refractivity contribution in [1.82, 2.24) is 9.88 Å². The summed E-state index contributed by atoms with van der Waals surface area (Å²) >= 11 is 6.68. The summed E-state index contributed by atoms with van der Waals surface area (Å²) in [5.41, 5.74) is 2.76. The minimum atomic E-state index is -0.548. The van der Waals surface area contributed by atoms with Crippen molar-refractivity contribution >= 4 is 67.6 Å². The summed E-state index contributed by atoms with van der Waals surface area (Å²) in [7, 11) is 1.69. The van der Waals surface area contributed by atoms with Gasteiger partial charge in [0, 0.05) is 25.5 Å². The zero-order chi connectivity index (χ0) is 23.0. The van der Waals surface area contributed by atoms with Crippen LogP contribution in [-0.4, -0.2) is 54.4 Å². The fourth-order valence-corrected chi connectivity index (χ4v) is 5.29. The molecule has 2 aliphatic rings. The van der Waals surface area contributed by atoms with Crippen molar-refractivity contribution in [1.29, 1.82) is 0 Å². The van der Waals surface area contributed by atoms with E-state index in [1.807, 2.05) is 4.90 Å². The standard InChI is InChI=1S/C24H18ClFN4O3/c1-3-18(31)29-7-8-30-16(11-29)24(32)28(2)15-10-27-21-12(22(15)30)9-13(25)19-20-14(26)5-4-6-17(20)33-23(19)21/h3-6,9-10,16H,1,7-8,11H2,2H3. The average molecular weight is 465 g/mol. The second kappa shape index (κ2) is 6.92. The number of nitrogens with zero attached hydrogens (tertiary/aromatic N) is 4. The van der Waals surface area contributed by atoms with Crippen molar-refractivity contribution in [2.24, 2.45) is 0 Å². The second-order valence-corrected chi connectivity index (χ2v) is 8.67. The molecule has 1 atom stereocenters. The Morgan fingerprint density at radius 3 is 2.94 bits per heavy atom. The number of hydrogen-bond acceptors (Lipinski definition) is 5. The van der Waals surface area contributed by atoms with Gasteiger partial charge in [0.15, 0.2) is 5.58 Å². The van der Waals surface area contributed by atoms with E-state index in [4.69, 9.17) is 16.0 Å². The number of furan rings is 1. The fraction of sp³-hybridized carbons (Fsp3) is 0.208. The number of pyridine rings is 1. The molecule has 7 nitrogen and oxygen atoms in total. The normalized spacial score (nSPS) is 18.2. The van der Waals surface area contributed by atoms with Crippen molar-refractivity contribution in [2.45, 2.75) is 6.04 Å². The molecule has 0 bridgehead atoms. The minimum absolute atomic E-state index is 0.122. The van der Waals surface area contributed by atoms with Gasteiger partial charge in [-0.2, -0.15) is 0 Å². The monoisotopic (exact) mass is 464 g/mol. The molecule has 2 amide bonds. The molecule has 0 radical (unpaired) electrons. The van der Waals surface area contributed by atoms with Crippen molar-refractivity contribution in [2.75, 3.05) is 36.5 Å². The van der Waals surface area contributed by atoms with Crippen LogP contribution in [0.2, 0.25) is 5.02 Å². The Balaban J connectivity index is 1.62. The number of halogens is 2. The van der Waals surface area contributed by atoms with Crippen LogP contribution in [0.5, 0.6) is 0 Å². The molecule has 0 aliphatic carbocycles. The maximum absolute atomic E-state index is 14.6. The van der Waals surface area contributed by atoms with Gasteiger partial charge in [0.25, 0.3) is 5.91 Å². The zero-order valence-electron chi connectivity index (χ0n) is 17.6. The molecule has 0 saturated carbocycles. The first kappa shape index (κ1) is 20.0. The summed E-state index contributed by atoms with van der Waals surface area (Å²) in [4.78, 5) is 35.1. The van der Waals surface area contributed by atoms with Crippen molar-refractivity contribution in [3.8, 4) is 0 Å². The number of hydrogen-bond donors (Lipinski definition) is 0. The van der Waals surface area contributed by atoms with E-state index < -0.39 is 11.9 Å². The van der Waals surface area contributed by atoms with E-state index in [2.05, 4.69) is 11.6 Å². The number of aromatic nitrogens is 1. The molecular weight excluding hydrogens is 447 g/mol. The number of rotatable bonds is 1. The maximum atomic E-state index is 14.6. The summed E-state index contributed by atoms with van der Waals surface area (Å²) in [5.74, 6) is -0.744. The van der Waals surface area contributed by atoms with E-state index in [9.17, 15) is 14.0 Å². The molecule has 166 valence electrons. The lowest BCUT2D eigenvalue weighted by Gasteiger charge is -2.47. The lowest BCUT2D eigenvalue weighted by molar-refractivity contribution is -0.128. The molecule has 1 fully saturated rings. The van der Waals surface area contributed by atoms with Crippen molar-refractivity contribution in [3.05, 3.63) is 54.0 Å². The summed E-state index contributed by atoms with van der Waals surface area (Å²) in [6.45, 7) is 4.72. The van der Waals surface area contributed by atoms with Gasteiger partial charge in [0.1, 0.15) is 23.0 Å². The Hall–Kier alpha value is -3.65. The van der Waals surface area contributed by atoms with Gasteiger partial charge in [0.2, 0.25) is 5.91 Å². The van der Waals surface area contributed by atoms with Gasteiger partial charge in [-0.05, 0) is 24.3 Å². The van der Waals surface area contributed by atoms with Crippen LogP contribution in [0, 0.1) is 5.82 Å². The van der Waals surface area contributed by atoms with Gasteiger partial charge in [0.05, 0.1) is 39.9 Å². The number of amides is 2. The van der Waals surface area contributed by atoms with Crippen LogP contribution in [0.3, 0.4) is 0 Å². The minimum Gasteiger partial charge on any atom is -0.454 e. The summed E-state index contributed by atoms with van der Waals surface area (Å²) in [5, 5.41) is 1.84. The molecule has 33 heavy (non-hydrogen) atoms. The lowest BCUT2D eigenvalue weighted by atomic mass is 10.00. The van der Waals surface area contributed by atoms with Gasteiger partial charge in [-0.3, -0.25) is 9.59 Å². The topological polar surface area (TPSA) is 69.9 Å². The molecular formula is C24H18ClFN4O3.